The highest BCUT2D eigenvalue weighted by atomic mass is 32.1. The van der Waals surface area contributed by atoms with Crippen LogP contribution in [0.5, 0.6) is 0 Å². The number of H-pyrrole nitrogens is 1. The predicted octanol–water partition coefficient (Wildman–Crippen LogP) is 2.58. The van der Waals surface area contributed by atoms with Crippen molar-refractivity contribution in [3.63, 3.8) is 0 Å². The molecule has 1 aliphatic rings. The van der Waals surface area contributed by atoms with E-state index in [4.69, 9.17) is 21.7 Å². The molecule has 1 saturated heterocycles. The molecule has 1 aliphatic heterocycles. The maximum absolute atomic E-state index is 13.0. The smallest absolute Gasteiger partial charge is 0.262 e. The van der Waals surface area contributed by atoms with Gasteiger partial charge in [-0.2, -0.15) is 0 Å². The fourth-order valence-electron chi connectivity index (χ4n) is 3.68. The van der Waals surface area contributed by atoms with E-state index < -0.39 is 0 Å². The minimum absolute atomic E-state index is 0.186. The first-order valence-corrected chi connectivity index (χ1v) is 10.8. The van der Waals surface area contributed by atoms with Gasteiger partial charge in [0.05, 0.1) is 29.8 Å². The lowest BCUT2D eigenvalue weighted by molar-refractivity contribution is 0.102. The molecule has 0 unspecified atom stereocenters. The molecule has 2 aromatic heterocycles. The highest BCUT2D eigenvalue weighted by Gasteiger charge is 2.18. The highest BCUT2D eigenvalue weighted by Crippen LogP contribution is 2.24. The van der Waals surface area contributed by atoms with Crippen molar-refractivity contribution in [1.82, 2.24) is 14.5 Å². The first-order valence-electron chi connectivity index (χ1n) is 10.4. The summed E-state index contributed by atoms with van der Waals surface area (Å²) in [7, 11) is 1.62. The monoisotopic (exact) mass is 455 g/mol. The quantitative estimate of drug-likeness (QED) is 0.417. The third-order valence-corrected chi connectivity index (χ3v) is 5.64. The average molecular weight is 456 g/mol. The van der Waals surface area contributed by atoms with Crippen molar-refractivity contribution in [2.75, 3.05) is 50.2 Å². The Morgan fingerprint density at radius 2 is 2.12 bits per heavy atom. The Hall–Kier alpha value is -3.08. The molecular weight excluding hydrogens is 430 g/mol. The molecule has 1 aromatic carbocycles. The van der Waals surface area contributed by atoms with Crippen molar-refractivity contribution in [2.45, 2.75) is 13.0 Å². The van der Waals surface area contributed by atoms with Crippen LogP contribution in [0.1, 0.15) is 16.8 Å². The van der Waals surface area contributed by atoms with E-state index in [9.17, 15) is 9.59 Å². The second-order valence-electron chi connectivity index (χ2n) is 7.42. The summed E-state index contributed by atoms with van der Waals surface area (Å²) in [5.41, 5.74) is 1.38. The van der Waals surface area contributed by atoms with Gasteiger partial charge in [0.15, 0.2) is 10.6 Å². The summed E-state index contributed by atoms with van der Waals surface area (Å²) in [6.07, 6.45) is 2.38. The van der Waals surface area contributed by atoms with E-state index in [0.717, 1.165) is 0 Å². The van der Waals surface area contributed by atoms with Gasteiger partial charge in [0.25, 0.3) is 11.5 Å². The van der Waals surface area contributed by atoms with Gasteiger partial charge in [-0.15, -0.1) is 0 Å². The summed E-state index contributed by atoms with van der Waals surface area (Å²) in [5.74, 6) is 0.418. The molecule has 10 heteroatoms. The molecule has 0 bridgehead atoms. The zero-order valence-corrected chi connectivity index (χ0v) is 18.6. The van der Waals surface area contributed by atoms with Gasteiger partial charge < -0.3 is 24.7 Å². The number of hydrogen-bond acceptors (Lipinski definition) is 7. The van der Waals surface area contributed by atoms with Crippen molar-refractivity contribution in [2.24, 2.45) is 0 Å². The molecule has 4 rings (SSSR count). The number of methoxy groups -OCH3 is 1. The van der Waals surface area contributed by atoms with Gasteiger partial charge in [0, 0.05) is 45.1 Å². The fourth-order valence-corrected chi connectivity index (χ4v) is 3.97. The molecule has 0 aliphatic carbocycles. The molecule has 0 atom stereocenters. The average Bonchev–Trinajstić information content (AvgIpc) is 2.82. The number of nitrogens with zero attached hydrogens (tertiary/aromatic N) is 3. The molecule has 32 heavy (non-hydrogen) atoms. The highest BCUT2D eigenvalue weighted by molar-refractivity contribution is 7.71. The van der Waals surface area contributed by atoms with Gasteiger partial charge in [-0.05, 0) is 49.0 Å². The Kier molecular flexibility index (Phi) is 6.93. The van der Waals surface area contributed by atoms with Gasteiger partial charge in [-0.25, -0.2) is 4.98 Å². The van der Waals surface area contributed by atoms with Crippen molar-refractivity contribution < 1.29 is 14.3 Å². The Balaban J connectivity index is 1.59. The number of aromatic nitrogens is 3. The van der Waals surface area contributed by atoms with Gasteiger partial charge >= 0.3 is 0 Å². The number of carbonyl (C=O) groups is 1. The molecule has 1 amide bonds. The number of pyridine rings is 1. The third-order valence-electron chi connectivity index (χ3n) is 5.32. The van der Waals surface area contributed by atoms with Gasteiger partial charge in [0.1, 0.15) is 0 Å². The molecule has 0 radical (unpaired) electrons. The van der Waals surface area contributed by atoms with Crippen LogP contribution in [0.3, 0.4) is 0 Å². The lowest BCUT2D eigenvalue weighted by atomic mass is 10.1. The number of ether oxygens (including phenoxy) is 2. The maximum atomic E-state index is 13.0. The fraction of sp³-hybridized carbons (Fsp3) is 0.364. The SMILES string of the molecule is COCCCn1c(=S)[nH]c2cc(C(=O)Nc3cccnc3N3CCOCC3)ccc2c1=O. The molecule has 1 fully saturated rings. The lowest BCUT2D eigenvalue weighted by Crippen LogP contribution is -2.37. The van der Waals surface area contributed by atoms with Crippen LogP contribution < -0.4 is 15.8 Å². The van der Waals surface area contributed by atoms with Gasteiger partial charge in [0.2, 0.25) is 0 Å². The van der Waals surface area contributed by atoms with Crippen LogP contribution >= 0.6 is 12.2 Å². The van der Waals surface area contributed by atoms with Crippen molar-refractivity contribution in [3.05, 3.63) is 57.2 Å². The van der Waals surface area contributed by atoms with E-state index in [1.807, 2.05) is 6.07 Å². The zero-order chi connectivity index (χ0) is 22.5. The van der Waals surface area contributed by atoms with E-state index in [1.54, 1.807) is 37.6 Å². The summed E-state index contributed by atoms with van der Waals surface area (Å²) in [5, 5.41) is 3.42. The van der Waals surface area contributed by atoms with Crippen LogP contribution in [-0.4, -0.2) is 60.5 Å². The molecule has 0 saturated carbocycles. The first kappa shape index (κ1) is 22.1. The lowest BCUT2D eigenvalue weighted by Gasteiger charge is -2.29. The largest absolute Gasteiger partial charge is 0.385 e. The van der Waals surface area contributed by atoms with Gasteiger partial charge in [-0.3, -0.25) is 14.2 Å². The summed E-state index contributed by atoms with van der Waals surface area (Å²) < 4.78 is 12.3. The summed E-state index contributed by atoms with van der Waals surface area (Å²) >= 11 is 5.36. The van der Waals surface area contributed by atoms with E-state index in [1.165, 1.54) is 4.57 Å². The molecule has 168 valence electrons. The Morgan fingerprint density at radius 1 is 1.31 bits per heavy atom. The normalized spacial score (nSPS) is 14.0. The second-order valence-corrected chi connectivity index (χ2v) is 7.81. The number of amides is 1. The number of nitrogens with one attached hydrogen (secondary N) is 2. The zero-order valence-electron chi connectivity index (χ0n) is 17.8. The molecule has 9 nitrogen and oxygen atoms in total. The summed E-state index contributed by atoms with van der Waals surface area (Å²) in [4.78, 5) is 35.4. The molecule has 3 aromatic rings. The second kappa shape index (κ2) is 10.0. The van der Waals surface area contributed by atoms with Crippen molar-refractivity contribution >= 4 is 40.5 Å². The van der Waals surface area contributed by atoms with Crippen molar-refractivity contribution in [3.8, 4) is 0 Å². The molecule has 2 N–H and O–H groups in total. The number of carbonyl (C=O) groups excluding carboxylic acids is 1. The summed E-state index contributed by atoms with van der Waals surface area (Å²) in [6, 6.07) is 8.54. The minimum atomic E-state index is -0.294. The minimum Gasteiger partial charge on any atom is -0.385 e. The van der Waals surface area contributed by atoms with Crippen LogP contribution in [0.4, 0.5) is 11.5 Å². The van der Waals surface area contributed by atoms with E-state index in [0.29, 0.717) is 78.6 Å². The topological polar surface area (TPSA) is 101 Å². The molecule has 0 spiro atoms. The number of hydrogen-bond donors (Lipinski definition) is 2. The number of morpholine rings is 1. The Morgan fingerprint density at radius 3 is 2.91 bits per heavy atom. The van der Waals surface area contributed by atoms with Crippen LogP contribution in [-0.2, 0) is 16.0 Å². The molecule has 3 heterocycles. The van der Waals surface area contributed by atoms with Crippen LogP contribution in [0, 0.1) is 4.77 Å². The number of rotatable bonds is 7. The first-order chi connectivity index (χ1) is 15.6. The third kappa shape index (κ3) is 4.72. The van der Waals surface area contributed by atoms with Crippen LogP contribution in [0.15, 0.2) is 41.3 Å². The van der Waals surface area contributed by atoms with E-state index >= 15 is 0 Å². The number of benzene rings is 1. The van der Waals surface area contributed by atoms with Gasteiger partial charge in [-0.1, -0.05) is 0 Å². The number of aromatic amines is 1. The van der Waals surface area contributed by atoms with E-state index in [-0.39, 0.29) is 11.5 Å². The predicted molar refractivity (Wildman–Crippen MR) is 125 cm³/mol. The Labute approximate surface area is 190 Å². The summed E-state index contributed by atoms with van der Waals surface area (Å²) in [6.45, 7) is 3.67. The van der Waals surface area contributed by atoms with Crippen LogP contribution in [0.2, 0.25) is 0 Å². The molecular formula is C22H25N5O4S. The number of anilines is 2. The number of fused-ring (bicyclic) bond motifs is 1. The maximum Gasteiger partial charge on any atom is 0.262 e. The standard InChI is InChI=1S/C22H25N5O4S/c1-30-11-3-8-27-21(29)16-6-5-15(14-18(16)25-22(27)32)20(28)24-17-4-2-7-23-19(17)26-9-12-31-13-10-26/h2,4-7,14H,3,8-13H2,1H3,(H,24,28)(H,25,32). The van der Waals surface area contributed by atoms with E-state index in [2.05, 4.69) is 20.2 Å². The van der Waals surface area contributed by atoms with Crippen molar-refractivity contribution in [1.29, 1.82) is 0 Å². The van der Waals surface area contributed by atoms with Crippen LogP contribution in [0.25, 0.3) is 10.9 Å². The Bertz CT molecular complexity index is 1230.